The number of rotatable bonds is 8. The van der Waals surface area contributed by atoms with Gasteiger partial charge >= 0.3 is 0 Å². The van der Waals surface area contributed by atoms with E-state index >= 15 is 0 Å². The molecular formula is C14H27N3O. The van der Waals surface area contributed by atoms with Crippen LogP contribution >= 0.6 is 0 Å². The van der Waals surface area contributed by atoms with Gasteiger partial charge in [0.15, 0.2) is 0 Å². The fourth-order valence-corrected chi connectivity index (χ4v) is 2.02. The molecule has 0 aliphatic rings. The van der Waals surface area contributed by atoms with Crippen molar-refractivity contribution >= 4 is 0 Å². The van der Waals surface area contributed by atoms with Crippen LogP contribution < -0.4 is 0 Å². The molecule has 0 aliphatic carbocycles. The molecule has 0 saturated carbocycles. The zero-order valence-electron chi connectivity index (χ0n) is 12.4. The van der Waals surface area contributed by atoms with Crippen LogP contribution in [0.2, 0.25) is 0 Å². The van der Waals surface area contributed by atoms with Crippen molar-refractivity contribution < 1.29 is 4.74 Å². The minimum absolute atomic E-state index is 0.350. The van der Waals surface area contributed by atoms with E-state index in [1.54, 1.807) is 0 Å². The standard InChI is InChI=1S/C14H27N3O/c1-6-17-10-14(15-16-17)12(4)7-8-18-13(5)9-11(2)3/h10-13H,6-9H2,1-5H3. The minimum Gasteiger partial charge on any atom is -0.378 e. The number of aryl methyl sites for hydroxylation is 1. The van der Waals surface area contributed by atoms with Gasteiger partial charge in [0.1, 0.15) is 0 Å². The highest BCUT2D eigenvalue weighted by Gasteiger charge is 2.11. The number of hydrogen-bond donors (Lipinski definition) is 0. The second-order valence-electron chi connectivity index (χ2n) is 5.50. The van der Waals surface area contributed by atoms with E-state index in [0.29, 0.717) is 17.9 Å². The number of hydrogen-bond acceptors (Lipinski definition) is 3. The van der Waals surface area contributed by atoms with Gasteiger partial charge < -0.3 is 4.74 Å². The summed E-state index contributed by atoms with van der Waals surface area (Å²) in [5.74, 6) is 1.11. The second-order valence-corrected chi connectivity index (χ2v) is 5.50. The average molecular weight is 253 g/mol. The zero-order valence-corrected chi connectivity index (χ0v) is 12.4. The van der Waals surface area contributed by atoms with Gasteiger partial charge in [-0.05, 0) is 32.6 Å². The van der Waals surface area contributed by atoms with Crippen LogP contribution in [0.3, 0.4) is 0 Å². The Hall–Kier alpha value is -0.900. The highest BCUT2D eigenvalue weighted by molar-refractivity contribution is 4.99. The maximum absolute atomic E-state index is 5.82. The van der Waals surface area contributed by atoms with Crippen LogP contribution in [0.1, 0.15) is 59.1 Å². The SMILES string of the molecule is CCn1cc(C(C)CCOC(C)CC(C)C)nn1. The largest absolute Gasteiger partial charge is 0.378 e. The number of aromatic nitrogens is 3. The Labute approximate surface area is 111 Å². The minimum atomic E-state index is 0.350. The van der Waals surface area contributed by atoms with Crippen molar-refractivity contribution in [1.29, 1.82) is 0 Å². The van der Waals surface area contributed by atoms with E-state index in [2.05, 4.69) is 44.9 Å². The topological polar surface area (TPSA) is 39.9 Å². The lowest BCUT2D eigenvalue weighted by Crippen LogP contribution is -2.13. The van der Waals surface area contributed by atoms with Gasteiger partial charge in [-0.25, -0.2) is 0 Å². The molecule has 2 atom stereocenters. The fraction of sp³-hybridized carbons (Fsp3) is 0.857. The molecular weight excluding hydrogens is 226 g/mol. The molecule has 0 fully saturated rings. The van der Waals surface area contributed by atoms with E-state index in [9.17, 15) is 0 Å². The second kappa shape index (κ2) is 7.52. The molecule has 2 unspecified atom stereocenters. The maximum atomic E-state index is 5.82. The van der Waals surface area contributed by atoms with Crippen LogP contribution in [-0.4, -0.2) is 27.7 Å². The van der Waals surface area contributed by atoms with Crippen molar-refractivity contribution in [1.82, 2.24) is 15.0 Å². The summed E-state index contributed by atoms with van der Waals surface area (Å²) < 4.78 is 7.69. The van der Waals surface area contributed by atoms with E-state index in [4.69, 9.17) is 4.74 Å². The molecule has 0 aromatic carbocycles. The molecule has 4 nitrogen and oxygen atoms in total. The van der Waals surface area contributed by atoms with Gasteiger partial charge in [0, 0.05) is 25.3 Å². The van der Waals surface area contributed by atoms with Crippen molar-refractivity contribution in [3.05, 3.63) is 11.9 Å². The van der Waals surface area contributed by atoms with Crippen LogP contribution in [0, 0.1) is 5.92 Å². The van der Waals surface area contributed by atoms with Crippen LogP contribution in [0.15, 0.2) is 6.20 Å². The molecule has 18 heavy (non-hydrogen) atoms. The Morgan fingerprint density at radius 1 is 1.28 bits per heavy atom. The highest BCUT2D eigenvalue weighted by Crippen LogP contribution is 2.17. The summed E-state index contributed by atoms with van der Waals surface area (Å²) in [4.78, 5) is 0. The zero-order chi connectivity index (χ0) is 13.5. The van der Waals surface area contributed by atoms with Gasteiger partial charge in [0.05, 0.1) is 11.8 Å². The molecule has 4 heteroatoms. The lowest BCUT2D eigenvalue weighted by molar-refractivity contribution is 0.0480. The molecule has 0 amide bonds. The summed E-state index contributed by atoms with van der Waals surface area (Å²) in [7, 11) is 0. The van der Waals surface area contributed by atoms with Gasteiger partial charge in [0.25, 0.3) is 0 Å². The lowest BCUT2D eigenvalue weighted by atomic mass is 10.1. The summed E-state index contributed by atoms with van der Waals surface area (Å²) >= 11 is 0. The van der Waals surface area contributed by atoms with E-state index in [1.807, 2.05) is 10.9 Å². The Morgan fingerprint density at radius 2 is 2.00 bits per heavy atom. The first-order valence-corrected chi connectivity index (χ1v) is 7.04. The molecule has 0 bridgehead atoms. The third-order valence-electron chi connectivity index (χ3n) is 3.14. The van der Waals surface area contributed by atoms with E-state index in [-0.39, 0.29) is 0 Å². The van der Waals surface area contributed by atoms with Crippen molar-refractivity contribution in [3.8, 4) is 0 Å². The quantitative estimate of drug-likeness (QED) is 0.714. The Bertz CT molecular complexity index is 336. The monoisotopic (exact) mass is 253 g/mol. The predicted molar refractivity (Wildman–Crippen MR) is 73.6 cm³/mol. The van der Waals surface area contributed by atoms with Crippen molar-refractivity contribution in [3.63, 3.8) is 0 Å². The summed E-state index contributed by atoms with van der Waals surface area (Å²) in [5, 5.41) is 8.25. The average Bonchev–Trinajstić information content (AvgIpc) is 2.76. The normalized spacial score (nSPS) is 15.0. The molecule has 0 radical (unpaired) electrons. The first-order valence-electron chi connectivity index (χ1n) is 7.04. The summed E-state index contributed by atoms with van der Waals surface area (Å²) in [5.41, 5.74) is 1.07. The van der Waals surface area contributed by atoms with Gasteiger partial charge in [-0.3, -0.25) is 4.68 Å². The maximum Gasteiger partial charge on any atom is 0.0856 e. The third-order valence-corrected chi connectivity index (χ3v) is 3.14. The molecule has 1 heterocycles. The van der Waals surface area contributed by atoms with Gasteiger partial charge in [-0.2, -0.15) is 0 Å². The molecule has 1 rings (SSSR count). The molecule has 0 saturated heterocycles. The smallest absolute Gasteiger partial charge is 0.0856 e. The highest BCUT2D eigenvalue weighted by atomic mass is 16.5. The van der Waals surface area contributed by atoms with E-state index in [1.165, 1.54) is 0 Å². The molecule has 0 spiro atoms. The summed E-state index contributed by atoms with van der Waals surface area (Å²) in [6.07, 6.45) is 4.51. The molecule has 1 aromatic rings. The van der Waals surface area contributed by atoms with Gasteiger partial charge in [0.2, 0.25) is 0 Å². The Kier molecular flexibility index (Phi) is 6.33. The van der Waals surface area contributed by atoms with Crippen LogP contribution in [0.5, 0.6) is 0 Å². The predicted octanol–water partition coefficient (Wildman–Crippen LogP) is 3.24. The lowest BCUT2D eigenvalue weighted by Gasteiger charge is -2.16. The van der Waals surface area contributed by atoms with Crippen LogP contribution in [-0.2, 0) is 11.3 Å². The number of ether oxygens (including phenoxy) is 1. The van der Waals surface area contributed by atoms with Gasteiger partial charge in [-0.1, -0.05) is 26.0 Å². The first-order chi connectivity index (χ1) is 8.52. The summed E-state index contributed by atoms with van der Waals surface area (Å²) in [6.45, 7) is 12.5. The van der Waals surface area contributed by atoms with Crippen LogP contribution in [0.4, 0.5) is 0 Å². The third kappa shape index (κ3) is 5.17. The summed E-state index contributed by atoms with van der Waals surface area (Å²) in [6, 6.07) is 0. The fourth-order valence-electron chi connectivity index (χ4n) is 2.02. The Morgan fingerprint density at radius 3 is 2.56 bits per heavy atom. The molecule has 1 aromatic heterocycles. The van der Waals surface area contributed by atoms with Crippen LogP contribution in [0.25, 0.3) is 0 Å². The molecule has 104 valence electrons. The molecule has 0 N–H and O–H groups in total. The van der Waals surface area contributed by atoms with Gasteiger partial charge in [-0.15, -0.1) is 5.10 Å². The Balaban J connectivity index is 2.26. The van der Waals surface area contributed by atoms with Crippen molar-refractivity contribution in [2.75, 3.05) is 6.61 Å². The molecule has 0 aliphatic heterocycles. The van der Waals surface area contributed by atoms with E-state index < -0.39 is 0 Å². The first kappa shape index (κ1) is 15.2. The van der Waals surface area contributed by atoms with E-state index in [0.717, 1.165) is 31.7 Å². The van der Waals surface area contributed by atoms with Crippen molar-refractivity contribution in [2.45, 2.75) is 66.0 Å². The number of nitrogens with zero attached hydrogens (tertiary/aromatic N) is 3. The van der Waals surface area contributed by atoms with Crippen molar-refractivity contribution in [2.24, 2.45) is 5.92 Å².